The van der Waals surface area contributed by atoms with Crippen LogP contribution in [0, 0.1) is 11.8 Å². The van der Waals surface area contributed by atoms with Crippen LogP contribution in [0.15, 0.2) is 29.4 Å². The summed E-state index contributed by atoms with van der Waals surface area (Å²) in [5.41, 5.74) is 9.74. The van der Waals surface area contributed by atoms with E-state index < -0.39 is 54.3 Å². The number of nitrogens with one attached hydrogen (secondary N) is 2. The standard InChI is InChI=1S/C31H44F3N5O7/c1-20-21(2)27(38-30(43)31(32,33)34)29(45-22(3)40)46-25(20)19-44-26(41)15-10-8-6-4-5-7-9-11-16-36-28(42)24-14-12-13-23(17-24)18-37-39-35/h12-14,17,20-21,25,27,29H,4-11,15-16,18-19H2,1-3H3,(H,36,42)(H,38,43)/t20-,21-,25?,27?,29+/m0/s1. The van der Waals surface area contributed by atoms with Crippen molar-refractivity contribution in [1.82, 2.24) is 10.6 Å². The highest BCUT2D eigenvalue weighted by Crippen LogP contribution is 2.32. The Bertz CT molecular complexity index is 1210. The van der Waals surface area contributed by atoms with Gasteiger partial charge in [-0.2, -0.15) is 13.2 Å². The van der Waals surface area contributed by atoms with E-state index in [0.717, 1.165) is 57.4 Å². The van der Waals surface area contributed by atoms with Gasteiger partial charge in [-0.3, -0.25) is 19.2 Å². The van der Waals surface area contributed by atoms with E-state index in [0.29, 0.717) is 18.5 Å². The number of rotatable bonds is 18. The molecular weight excluding hydrogens is 611 g/mol. The molecule has 0 radical (unpaired) electrons. The van der Waals surface area contributed by atoms with Gasteiger partial charge < -0.3 is 24.8 Å². The Kier molecular flexibility index (Phi) is 16.4. The quantitative estimate of drug-likeness (QED) is 0.0653. The molecule has 2 N–H and O–H groups in total. The number of ether oxygens (including phenoxy) is 3. The van der Waals surface area contributed by atoms with Gasteiger partial charge in [0.25, 0.3) is 5.91 Å². The fourth-order valence-electron chi connectivity index (χ4n) is 5.11. The van der Waals surface area contributed by atoms with Crippen molar-refractivity contribution in [2.75, 3.05) is 13.2 Å². The first kappa shape index (κ1) is 38.3. The lowest BCUT2D eigenvalue weighted by Gasteiger charge is -2.43. The molecule has 0 saturated carbocycles. The number of benzene rings is 1. The van der Waals surface area contributed by atoms with Gasteiger partial charge in [-0.1, -0.05) is 69.6 Å². The monoisotopic (exact) mass is 655 g/mol. The smallest absolute Gasteiger partial charge is 0.463 e. The van der Waals surface area contributed by atoms with Crippen LogP contribution in [-0.4, -0.2) is 61.5 Å². The summed E-state index contributed by atoms with van der Waals surface area (Å²) >= 11 is 0. The predicted octanol–water partition coefficient (Wildman–Crippen LogP) is 5.89. The van der Waals surface area contributed by atoms with Gasteiger partial charge in [0.1, 0.15) is 6.61 Å². The molecule has 1 aliphatic rings. The number of carbonyl (C=O) groups excluding carboxylic acids is 4. The molecule has 0 spiro atoms. The van der Waals surface area contributed by atoms with E-state index in [1.165, 1.54) is 0 Å². The van der Waals surface area contributed by atoms with E-state index in [4.69, 9.17) is 19.7 Å². The van der Waals surface area contributed by atoms with E-state index >= 15 is 0 Å². The molecule has 2 unspecified atom stereocenters. The van der Waals surface area contributed by atoms with Crippen molar-refractivity contribution >= 4 is 23.8 Å². The number of amides is 2. The molecule has 1 aromatic rings. The first-order valence-electron chi connectivity index (χ1n) is 15.6. The van der Waals surface area contributed by atoms with E-state index in [1.54, 1.807) is 38.1 Å². The molecule has 0 aliphatic carbocycles. The second-order valence-electron chi connectivity index (χ2n) is 11.5. The molecule has 1 saturated heterocycles. The number of unbranched alkanes of at least 4 members (excludes halogenated alkanes) is 7. The summed E-state index contributed by atoms with van der Waals surface area (Å²) in [6.07, 6.45) is 0.316. The molecule has 2 amide bonds. The lowest BCUT2D eigenvalue weighted by molar-refractivity contribution is -0.241. The van der Waals surface area contributed by atoms with Crippen LogP contribution < -0.4 is 10.6 Å². The highest BCUT2D eigenvalue weighted by Gasteiger charge is 2.48. The summed E-state index contributed by atoms with van der Waals surface area (Å²) in [6.45, 7) is 4.99. The van der Waals surface area contributed by atoms with E-state index in [2.05, 4.69) is 15.3 Å². The number of carbonyl (C=O) groups is 4. The molecule has 256 valence electrons. The van der Waals surface area contributed by atoms with Crippen molar-refractivity contribution < 1.29 is 46.6 Å². The SMILES string of the molecule is CC(=O)O[C@@H]1OC(COC(=O)CCCCCCCCCCNC(=O)c2cccc(CN=[N+]=[N-])c2)[C@@H](C)[C@H](C)C1NC(=O)C(F)(F)F. The summed E-state index contributed by atoms with van der Waals surface area (Å²) in [4.78, 5) is 50.4. The third-order valence-corrected chi connectivity index (χ3v) is 7.93. The highest BCUT2D eigenvalue weighted by molar-refractivity contribution is 5.94. The van der Waals surface area contributed by atoms with Crippen molar-refractivity contribution in [2.45, 2.75) is 110 Å². The van der Waals surface area contributed by atoms with Crippen LogP contribution >= 0.6 is 0 Å². The topological polar surface area (TPSA) is 169 Å². The average Bonchev–Trinajstić information content (AvgIpc) is 3.00. The Balaban J connectivity index is 1.58. The maximum atomic E-state index is 12.8. The minimum Gasteiger partial charge on any atom is -0.463 e. The normalized spacial score (nSPS) is 21.0. The van der Waals surface area contributed by atoms with Crippen LogP contribution in [0.3, 0.4) is 0 Å². The number of alkyl halides is 3. The number of esters is 2. The molecular formula is C31H44F3N5O7. The van der Waals surface area contributed by atoms with Gasteiger partial charge in [-0.15, -0.1) is 0 Å². The van der Waals surface area contributed by atoms with E-state index in [9.17, 15) is 32.3 Å². The van der Waals surface area contributed by atoms with Gasteiger partial charge in [0, 0.05) is 30.4 Å². The minimum atomic E-state index is -5.11. The van der Waals surface area contributed by atoms with Crippen LogP contribution in [0.2, 0.25) is 0 Å². The molecule has 1 aromatic carbocycles. The molecule has 12 nitrogen and oxygen atoms in total. The zero-order valence-electron chi connectivity index (χ0n) is 26.5. The lowest BCUT2D eigenvalue weighted by Crippen LogP contribution is -2.60. The third-order valence-electron chi connectivity index (χ3n) is 7.93. The first-order valence-corrected chi connectivity index (χ1v) is 15.6. The maximum Gasteiger partial charge on any atom is 0.471 e. The Morgan fingerprint density at radius 3 is 2.28 bits per heavy atom. The molecule has 1 heterocycles. The van der Waals surface area contributed by atoms with Gasteiger partial charge in [0.05, 0.1) is 18.7 Å². The number of halogens is 3. The highest BCUT2D eigenvalue weighted by atomic mass is 19.4. The molecule has 2 rings (SSSR count). The first-order chi connectivity index (χ1) is 21.8. The molecule has 46 heavy (non-hydrogen) atoms. The van der Waals surface area contributed by atoms with Crippen LogP contribution in [-0.2, 0) is 35.1 Å². The van der Waals surface area contributed by atoms with Gasteiger partial charge in [0.15, 0.2) is 0 Å². The van der Waals surface area contributed by atoms with Crippen molar-refractivity contribution in [3.8, 4) is 0 Å². The Hall–Kier alpha value is -3.84. The van der Waals surface area contributed by atoms with E-state index in [1.807, 2.05) is 5.32 Å². The lowest BCUT2D eigenvalue weighted by atomic mass is 9.82. The molecule has 1 fully saturated rings. The zero-order chi connectivity index (χ0) is 34.1. The molecule has 15 heteroatoms. The summed E-state index contributed by atoms with van der Waals surface area (Å²) < 4.78 is 54.5. The van der Waals surface area contributed by atoms with Crippen LogP contribution in [0.4, 0.5) is 13.2 Å². The number of nitrogens with zero attached hydrogens (tertiary/aromatic N) is 3. The molecule has 0 bridgehead atoms. The van der Waals surface area contributed by atoms with Crippen molar-refractivity contribution in [3.05, 3.63) is 45.8 Å². The fourth-order valence-corrected chi connectivity index (χ4v) is 5.11. The maximum absolute atomic E-state index is 12.8. The van der Waals surface area contributed by atoms with Crippen LogP contribution in [0.5, 0.6) is 0 Å². The summed E-state index contributed by atoms with van der Waals surface area (Å²) in [6, 6.07) is 5.75. The largest absolute Gasteiger partial charge is 0.471 e. The Morgan fingerprint density at radius 1 is 1.00 bits per heavy atom. The molecule has 0 aromatic heterocycles. The number of hydrogen-bond acceptors (Lipinski definition) is 8. The van der Waals surface area contributed by atoms with Crippen LogP contribution in [0.25, 0.3) is 10.4 Å². The summed E-state index contributed by atoms with van der Waals surface area (Å²) in [7, 11) is 0. The third kappa shape index (κ3) is 13.7. The van der Waals surface area contributed by atoms with Gasteiger partial charge in [0.2, 0.25) is 6.29 Å². The van der Waals surface area contributed by atoms with Gasteiger partial charge in [-0.25, -0.2) is 0 Å². The van der Waals surface area contributed by atoms with E-state index in [-0.39, 0.29) is 25.5 Å². The predicted molar refractivity (Wildman–Crippen MR) is 161 cm³/mol. The number of azide groups is 1. The second-order valence-corrected chi connectivity index (χ2v) is 11.5. The number of hydrogen-bond donors (Lipinski definition) is 2. The van der Waals surface area contributed by atoms with Crippen molar-refractivity contribution in [2.24, 2.45) is 17.0 Å². The van der Waals surface area contributed by atoms with Crippen molar-refractivity contribution in [1.29, 1.82) is 0 Å². The minimum absolute atomic E-state index is 0.160. The van der Waals surface area contributed by atoms with Gasteiger partial charge in [-0.05, 0) is 47.9 Å². The summed E-state index contributed by atoms with van der Waals surface area (Å²) in [5.74, 6) is -4.53. The fraction of sp³-hybridized carbons (Fsp3) is 0.677. The molecule has 1 aliphatic heterocycles. The second kappa shape index (κ2) is 19.6. The van der Waals surface area contributed by atoms with Gasteiger partial charge >= 0.3 is 24.0 Å². The summed E-state index contributed by atoms with van der Waals surface area (Å²) in [5, 5.41) is 8.27. The van der Waals surface area contributed by atoms with Crippen molar-refractivity contribution in [3.63, 3.8) is 0 Å². The zero-order valence-corrected chi connectivity index (χ0v) is 26.5. The molecule has 5 atom stereocenters. The Labute approximate surface area is 266 Å². The van der Waals surface area contributed by atoms with Crippen LogP contribution in [0.1, 0.15) is 94.5 Å². The average molecular weight is 656 g/mol. The Morgan fingerprint density at radius 2 is 1.65 bits per heavy atom.